The third kappa shape index (κ3) is 14.4. The summed E-state index contributed by atoms with van der Waals surface area (Å²) in [5, 5.41) is 11.2. The summed E-state index contributed by atoms with van der Waals surface area (Å²) in [4.78, 5) is 0. The summed E-state index contributed by atoms with van der Waals surface area (Å²) >= 11 is 0. The number of rotatable bonds is 1. The van der Waals surface area contributed by atoms with Gasteiger partial charge in [-0.15, -0.1) is 0 Å². The van der Waals surface area contributed by atoms with Crippen molar-refractivity contribution in [2.24, 2.45) is 5.16 Å². The molecule has 0 amide bonds. The van der Waals surface area contributed by atoms with Crippen LogP contribution in [0.2, 0.25) is 0 Å². The van der Waals surface area contributed by atoms with Crippen LogP contribution in [0.15, 0.2) is 29.4 Å². The molecule has 0 spiro atoms. The van der Waals surface area contributed by atoms with Gasteiger partial charge in [-0.25, -0.2) is 0 Å². The number of hydrogen-bond donors (Lipinski definition) is 1. The maximum absolute atomic E-state index is 8.21. The summed E-state index contributed by atoms with van der Waals surface area (Å²) in [6.45, 7) is 15.5. The van der Waals surface area contributed by atoms with Gasteiger partial charge >= 0.3 is 33.9 Å². The van der Waals surface area contributed by atoms with Gasteiger partial charge in [-0.05, 0) is 18.1 Å². The SMILES string of the molecule is Cc1ccccc1/C=N/O.[C-]#[O+].[C-]#[O+].[C-]#[O+].[Cr]. The van der Waals surface area contributed by atoms with E-state index < -0.39 is 0 Å². The molecule has 0 bridgehead atoms. The molecule has 6 heteroatoms. The third-order valence-electron chi connectivity index (χ3n) is 1.39. The molecule has 17 heavy (non-hydrogen) atoms. The molecule has 0 saturated carbocycles. The van der Waals surface area contributed by atoms with Crippen molar-refractivity contribution in [2.75, 3.05) is 0 Å². The van der Waals surface area contributed by atoms with Gasteiger partial charge in [-0.3, -0.25) is 0 Å². The topological polar surface area (TPSA) is 92.3 Å². The Morgan fingerprint density at radius 1 is 1.06 bits per heavy atom. The average molecular weight is 271 g/mol. The van der Waals surface area contributed by atoms with Gasteiger partial charge in [0.25, 0.3) is 0 Å². The van der Waals surface area contributed by atoms with E-state index in [0.717, 1.165) is 11.1 Å². The Bertz CT molecular complexity index is 344. The van der Waals surface area contributed by atoms with E-state index in [0.29, 0.717) is 0 Å². The van der Waals surface area contributed by atoms with Gasteiger partial charge in [0.1, 0.15) is 0 Å². The maximum atomic E-state index is 8.21. The van der Waals surface area contributed by atoms with Gasteiger partial charge in [0.15, 0.2) is 0 Å². The van der Waals surface area contributed by atoms with Gasteiger partial charge in [-0.1, -0.05) is 29.4 Å². The minimum absolute atomic E-state index is 0. The normalized spacial score (nSPS) is 6.53. The predicted octanol–water partition coefficient (Wildman–Crippen LogP) is 1.69. The fraction of sp³-hybridized carbons (Fsp3) is 0.0909. The van der Waals surface area contributed by atoms with Crippen LogP contribution >= 0.6 is 0 Å². The largest absolute Gasteiger partial charge is 0 e. The number of nitrogens with zero attached hydrogens (tertiary/aromatic N) is 1. The summed E-state index contributed by atoms with van der Waals surface area (Å²) in [7, 11) is 0. The molecule has 1 N–H and O–H groups in total. The molecule has 0 aliphatic rings. The smallest absolute Gasteiger partial charge is 0 e. The standard InChI is InChI=1S/C8H9NO.3CO.Cr/c1-7-4-2-3-5-8(7)6-9-10;3*1-2;/h2-6,10H,1H3;;;;/b9-6+;;;;. The number of aryl methyl sites for hydroxylation is 1. The molecule has 1 rings (SSSR count). The summed E-state index contributed by atoms with van der Waals surface area (Å²) in [6.07, 6.45) is 1.43. The summed E-state index contributed by atoms with van der Waals surface area (Å²) in [6, 6.07) is 7.72. The Labute approximate surface area is 110 Å². The van der Waals surface area contributed by atoms with Crippen LogP contribution in [-0.2, 0) is 31.3 Å². The Morgan fingerprint density at radius 2 is 1.47 bits per heavy atom. The fourth-order valence-corrected chi connectivity index (χ4v) is 0.794. The zero-order chi connectivity index (χ0) is 13.4. The molecule has 0 unspecified atom stereocenters. The summed E-state index contributed by atoms with van der Waals surface area (Å²) < 4.78 is 22.5. The van der Waals surface area contributed by atoms with Crippen molar-refractivity contribution in [3.63, 3.8) is 0 Å². The summed E-state index contributed by atoms with van der Waals surface area (Å²) in [5.74, 6) is 0. The molecule has 0 saturated heterocycles. The quantitative estimate of drug-likeness (QED) is 0.272. The predicted molar refractivity (Wildman–Crippen MR) is 52.3 cm³/mol. The molecule has 88 valence electrons. The van der Waals surface area contributed by atoms with Crippen LogP contribution < -0.4 is 0 Å². The van der Waals surface area contributed by atoms with Crippen molar-refractivity contribution >= 4 is 6.21 Å². The number of benzene rings is 1. The zero-order valence-corrected chi connectivity index (χ0v) is 10.2. The van der Waals surface area contributed by atoms with Crippen LogP contribution in [0.1, 0.15) is 11.1 Å². The average Bonchev–Trinajstić information content (AvgIpc) is 2.40. The Kier molecular flexibility index (Phi) is 34.6. The first kappa shape index (κ1) is 24.6. The van der Waals surface area contributed by atoms with E-state index in [1.165, 1.54) is 6.21 Å². The minimum Gasteiger partial charge on any atom is 0 e. The van der Waals surface area contributed by atoms with Crippen LogP contribution in [0, 0.1) is 26.9 Å². The van der Waals surface area contributed by atoms with Crippen LogP contribution in [0.3, 0.4) is 0 Å². The van der Waals surface area contributed by atoms with Gasteiger partial charge < -0.3 is 5.21 Å². The molecule has 0 aromatic heterocycles. The van der Waals surface area contributed by atoms with Gasteiger partial charge in [-0.2, -0.15) is 0 Å². The minimum atomic E-state index is 0. The van der Waals surface area contributed by atoms with Crippen LogP contribution in [0.25, 0.3) is 0 Å². The molecule has 0 atom stereocenters. The fourth-order valence-electron chi connectivity index (χ4n) is 0.794. The molecule has 0 aliphatic heterocycles. The molecule has 0 heterocycles. The number of oxime groups is 1. The van der Waals surface area contributed by atoms with Crippen molar-refractivity contribution in [2.45, 2.75) is 6.92 Å². The van der Waals surface area contributed by atoms with E-state index in [4.69, 9.17) is 19.2 Å². The Morgan fingerprint density at radius 3 is 1.82 bits per heavy atom. The van der Waals surface area contributed by atoms with E-state index >= 15 is 0 Å². The van der Waals surface area contributed by atoms with Crippen molar-refractivity contribution in [1.82, 2.24) is 0 Å². The number of hydrogen-bond acceptors (Lipinski definition) is 2. The molecule has 5 nitrogen and oxygen atoms in total. The molecular formula is C11H9CrNO4. The van der Waals surface area contributed by atoms with Crippen molar-refractivity contribution in [3.05, 3.63) is 55.3 Å². The Balaban J connectivity index is -0.000000106. The second-order valence-corrected chi connectivity index (χ2v) is 2.10. The zero-order valence-electron chi connectivity index (χ0n) is 8.91. The molecule has 1 aromatic carbocycles. The van der Waals surface area contributed by atoms with Gasteiger partial charge in [0.2, 0.25) is 0 Å². The maximum Gasteiger partial charge on any atom is 0 e. The molecule has 0 aliphatic carbocycles. The summed E-state index contributed by atoms with van der Waals surface area (Å²) in [5.41, 5.74) is 2.06. The molecular weight excluding hydrogens is 262 g/mol. The monoisotopic (exact) mass is 271 g/mol. The van der Waals surface area contributed by atoms with Gasteiger partial charge in [0.05, 0.1) is 6.21 Å². The van der Waals surface area contributed by atoms with E-state index in [-0.39, 0.29) is 17.4 Å². The molecule has 0 fully saturated rings. The third-order valence-corrected chi connectivity index (χ3v) is 1.39. The van der Waals surface area contributed by atoms with E-state index in [9.17, 15) is 0 Å². The van der Waals surface area contributed by atoms with Crippen LogP contribution in [0.5, 0.6) is 0 Å². The first-order chi connectivity index (χ1) is 7.84. The molecule has 0 radical (unpaired) electrons. The van der Waals surface area contributed by atoms with Crippen molar-refractivity contribution < 1.29 is 36.5 Å². The Hall–Kier alpha value is -1.56. The van der Waals surface area contributed by atoms with E-state index in [1.54, 1.807) is 0 Å². The van der Waals surface area contributed by atoms with E-state index in [1.807, 2.05) is 31.2 Å². The van der Waals surface area contributed by atoms with Crippen LogP contribution in [-0.4, -0.2) is 11.4 Å². The first-order valence-electron chi connectivity index (χ1n) is 3.69. The van der Waals surface area contributed by atoms with Crippen molar-refractivity contribution in [3.8, 4) is 0 Å². The van der Waals surface area contributed by atoms with Crippen LogP contribution in [0.4, 0.5) is 0 Å². The molecule has 1 aromatic rings. The van der Waals surface area contributed by atoms with Gasteiger partial charge in [0, 0.05) is 17.4 Å². The second kappa shape index (κ2) is 23.9. The van der Waals surface area contributed by atoms with Crippen molar-refractivity contribution in [1.29, 1.82) is 0 Å². The first-order valence-corrected chi connectivity index (χ1v) is 3.69. The second-order valence-electron chi connectivity index (χ2n) is 2.10. The van der Waals surface area contributed by atoms with E-state index in [2.05, 4.69) is 25.1 Å².